The van der Waals surface area contributed by atoms with Crippen LogP contribution < -0.4 is 0 Å². The molecule has 5 aliphatic carbocycles. The fraction of sp³-hybridized carbons (Fsp3) is 1.00. The molecule has 0 amide bonds. The Labute approximate surface area is 254 Å². The van der Waals surface area contributed by atoms with Gasteiger partial charge >= 0.3 is 0 Å². The minimum Gasteiger partial charge on any atom is -0.362 e. The third-order valence-corrected chi connectivity index (χ3v) is 15.2. The number of rotatable bonds is 5. The fourth-order valence-electron chi connectivity index (χ4n) is 12.2. The molecule has 1 saturated heterocycles. The van der Waals surface area contributed by atoms with Crippen molar-refractivity contribution in [2.24, 2.45) is 63.6 Å². The molecule has 0 bridgehead atoms. The monoisotopic (exact) mass is 630 g/mol. The van der Waals surface area contributed by atoms with Crippen LogP contribution in [-0.2, 0) is 4.74 Å². The zero-order valence-electron chi connectivity index (χ0n) is 22.9. The van der Waals surface area contributed by atoms with Gasteiger partial charge in [-0.05, 0) is 97.2 Å². The van der Waals surface area contributed by atoms with Gasteiger partial charge in [0, 0.05) is 11.3 Å². The second kappa shape index (κ2) is 8.86. The van der Waals surface area contributed by atoms with Crippen LogP contribution in [0.15, 0.2) is 0 Å². The van der Waals surface area contributed by atoms with E-state index in [1.165, 1.54) is 51.4 Å². The third kappa shape index (κ3) is 3.53. The maximum atomic E-state index is 6.87. The summed E-state index contributed by atoms with van der Waals surface area (Å²) in [6.07, 6.45) is 12.8. The van der Waals surface area contributed by atoms with Crippen LogP contribution in [0, 0.1) is 63.6 Å². The molecule has 6 fully saturated rings. The molecule has 6 rings (SSSR count). The van der Waals surface area contributed by atoms with Crippen LogP contribution in [-0.4, -0.2) is 19.3 Å². The first-order chi connectivity index (χ1) is 17.1. The van der Waals surface area contributed by atoms with Gasteiger partial charge in [-0.2, -0.15) is 0 Å². The quantitative estimate of drug-likeness (QED) is 0.274. The van der Waals surface area contributed by atoms with Crippen molar-refractivity contribution >= 4 is 69.6 Å². The van der Waals surface area contributed by atoms with Crippen LogP contribution in [0.4, 0.5) is 0 Å². The van der Waals surface area contributed by atoms with Gasteiger partial charge in [-0.1, -0.05) is 123 Å². The highest BCUT2D eigenvalue weighted by molar-refractivity contribution is 6.74. The molecule has 1 nitrogen and oxygen atoms in total. The van der Waals surface area contributed by atoms with Crippen molar-refractivity contribution in [3.63, 3.8) is 0 Å². The van der Waals surface area contributed by atoms with Gasteiger partial charge < -0.3 is 4.74 Å². The van der Waals surface area contributed by atoms with Crippen molar-refractivity contribution in [2.45, 2.75) is 118 Å². The number of ether oxygens (including phenoxy) is 1. The normalized spacial score (nSPS) is 50.4. The van der Waals surface area contributed by atoms with E-state index < -0.39 is 13.2 Å². The van der Waals surface area contributed by atoms with Crippen molar-refractivity contribution < 1.29 is 4.74 Å². The minimum atomic E-state index is -1.80. The summed E-state index contributed by atoms with van der Waals surface area (Å²) in [6.45, 7) is 12.4. The van der Waals surface area contributed by atoms with Crippen molar-refractivity contribution in [1.29, 1.82) is 0 Å². The average molecular weight is 633 g/mol. The molecule has 212 valence electrons. The lowest BCUT2D eigenvalue weighted by Crippen LogP contribution is -2.57. The van der Waals surface area contributed by atoms with E-state index >= 15 is 0 Å². The molecular formula is C30H44Cl6O. The van der Waals surface area contributed by atoms with E-state index in [1.807, 2.05) is 0 Å². The van der Waals surface area contributed by atoms with Gasteiger partial charge in [0.25, 0.3) is 0 Å². The van der Waals surface area contributed by atoms with Crippen LogP contribution in [0.3, 0.4) is 0 Å². The first-order valence-corrected chi connectivity index (χ1v) is 17.2. The first-order valence-electron chi connectivity index (χ1n) is 14.9. The second-order valence-corrected chi connectivity index (χ2v) is 19.5. The van der Waals surface area contributed by atoms with E-state index in [9.17, 15) is 0 Å². The summed E-state index contributed by atoms with van der Waals surface area (Å²) in [5, 5.41) is 0. The summed E-state index contributed by atoms with van der Waals surface area (Å²) in [5.74, 6) is 4.92. The van der Waals surface area contributed by atoms with Gasteiger partial charge in [0.05, 0.1) is 6.10 Å². The Bertz CT molecular complexity index is 912. The standard InChI is InChI=1S/C30H44Cl6O/c1-16(2)7-6-8-17(3)19-9-10-20-18-15-23-27-22(12-14-26(27,5)21(18)11-13-25(19,20)4)24(27)28(37-23,29(31,32)33)30(34,35)36/h16-24H,6-15H2,1-5H3. The lowest BCUT2D eigenvalue weighted by atomic mass is 9.45. The third-order valence-electron chi connectivity index (χ3n) is 13.5. The van der Waals surface area contributed by atoms with Crippen molar-refractivity contribution in [1.82, 2.24) is 0 Å². The van der Waals surface area contributed by atoms with Crippen molar-refractivity contribution in [2.75, 3.05) is 0 Å². The maximum Gasteiger partial charge on any atom is 0.223 e. The van der Waals surface area contributed by atoms with E-state index in [1.54, 1.807) is 0 Å². The topological polar surface area (TPSA) is 9.23 Å². The van der Waals surface area contributed by atoms with E-state index in [0.717, 1.165) is 36.5 Å². The average Bonchev–Trinajstić information content (AvgIpc) is 3.01. The predicted molar refractivity (Wildman–Crippen MR) is 158 cm³/mol. The summed E-state index contributed by atoms with van der Waals surface area (Å²) in [6, 6.07) is 0. The summed E-state index contributed by atoms with van der Waals surface area (Å²) in [7, 11) is 0. The maximum absolute atomic E-state index is 6.87. The van der Waals surface area contributed by atoms with Gasteiger partial charge in [0.15, 0.2) is 5.60 Å². The molecule has 11 unspecified atom stereocenters. The fourth-order valence-corrected chi connectivity index (χ4v) is 14.5. The number of fused-ring (bicyclic) bond motifs is 5. The summed E-state index contributed by atoms with van der Waals surface area (Å²) in [4.78, 5) is 0. The van der Waals surface area contributed by atoms with Crippen LogP contribution in [0.1, 0.15) is 98.8 Å². The Morgan fingerprint density at radius 2 is 1.46 bits per heavy atom. The Balaban J connectivity index is 1.31. The van der Waals surface area contributed by atoms with Crippen LogP contribution in [0.2, 0.25) is 0 Å². The van der Waals surface area contributed by atoms with Crippen LogP contribution >= 0.6 is 69.6 Å². The SMILES string of the molecule is CC(C)CCCC(C)C1CCC2C3CC4OC(C(Cl)(Cl)Cl)(C(Cl)(Cl)Cl)C5C6CCC(C)(C3CCC12C)C465. The molecule has 1 heterocycles. The summed E-state index contributed by atoms with van der Waals surface area (Å²) < 4.78 is 3.27. The first kappa shape index (κ1) is 28.8. The highest BCUT2D eigenvalue weighted by Gasteiger charge is 2.94. The predicted octanol–water partition coefficient (Wildman–Crippen LogP) is 10.8. The van der Waals surface area contributed by atoms with E-state index in [4.69, 9.17) is 74.3 Å². The molecule has 1 spiro atoms. The number of hydrogen-bond donors (Lipinski definition) is 0. The van der Waals surface area contributed by atoms with Gasteiger partial charge in [-0.15, -0.1) is 0 Å². The van der Waals surface area contributed by atoms with Gasteiger partial charge in [0.2, 0.25) is 7.59 Å². The summed E-state index contributed by atoms with van der Waals surface area (Å²) >= 11 is 40.1. The van der Waals surface area contributed by atoms with Gasteiger partial charge in [-0.3, -0.25) is 0 Å². The number of hydrogen-bond acceptors (Lipinski definition) is 1. The zero-order valence-corrected chi connectivity index (χ0v) is 27.5. The smallest absolute Gasteiger partial charge is 0.223 e. The Morgan fingerprint density at radius 1 is 0.811 bits per heavy atom. The van der Waals surface area contributed by atoms with Crippen LogP contribution in [0.25, 0.3) is 0 Å². The highest BCUT2D eigenvalue weighted by Crippen LogP contribution is 2.92. The van der Waals surface area contributed by atoms with E-state index in [0.29, 0.717) is 23.2 Å². The molecule has 37 heavy (non-hydrogen) atoms. The molecule has 5 saturated carbocycles. The molecule has 7 heteroatoms. The molecule has 0 radical (unpaired) electrons. The zero-order chi connectivity index (χ0) is 27.0. The second-order valence-electron chi connectivity index (χ2n) is 15.0. The molecule has 6 aliphatic rings. The minimum absolute atomic E-state index is 0.00434. The lowest BCUT2D eigenvalue weighted by molar-refractivity contribution is -0.166. The molecule has 0 aromatic carbocycles. The summed E-state index contributed by atoms with van der Waals surface area (Å²) in [5.41, 5.74) is -0.837. The lowest BCUT2D eigenvalue weighted by Gasteiger charge is -2.60. The van der Waals surface area contributed by atoms with Gasteiger partial charge in [0.1, 0.15) is 0 Å². The van der Waals surface area contributed by atoms with Crippen molar-refractivity contribution in [3.05, 3.63) is 0 Å². The molecule has 0 N–H and O–H groups in total. The molecule has 1 aliphatic heterocycles. The molecular weight excluding hydrogens is 589 g/mol. The Morgan fingerprint density at radius 3 is 2.08 bits per heavy atom. The highest BCUT2D eigenvalue weighted by atomic mass is 35.6. The van der Waals surface area contributed by atoms with E-state index in [-0.39, 0.29) is 22.9 Å². The van der Waals surface area contributed by atoms with E-state index in [2.05, 4.69) is 34.6 Å². The molecule has 0 aromatic heterocycles. The Hall–Kier alpha value is 1.70. The largest absolute Gasteiger partial charge is 0.362 e. The van der Waals surface area contributed by atoms with Crippen molar-refractivity contribution in [3.8, 4) is 0 Å². The van der Waals surface area contributed by atoms with Gasteiger partial charge in [-0.25, -0.2) is 0 Å². The molecule has 11 atom stereocenters. The van der Waals surface area contributed by atoms with Crippen LogP contribution in [0.5, 0.6) is 0 Å². The Kier molecular flexibility index (Phi) is 6.90. The number of halogens is 6. The molecule has 0 aromatic rings. The number of alkyl halides is 6.